The Bertz CT molecular complexity index is 1090. The van der Waals surface area contributed by atoms with Gasteiger partial charge < -0.3 is 16.0 Å². The van der Waals surface area contributed by atoms with Gasteiger partial charge in [-0.25, -0.2) is 9.50 Å². The zero-order valence-corrected chi connectivity index (χ0v) is 16.7. The number of H-pyrrole nitrogens is 1. The molecule has 2 unspecified atom stereocenters. The van der Waals surface area contributed by atoms with Gasteiger partial charge >= 0.3 is 0 Å². The Morgan fingerprint density at radius 3 is 2.79 bits per heavy atom. The summed E-state index contributed by atoms with van der Waals surface area (Å²) in [5.41, 5.74) is 11.4. The normalized spacial score (nSPS) is 13.9. The summed E-state index contributed by atoms with van der Waals surface area (Å²) in [4.78, 5) is 8.12. The maximum atomic E-state index is 6.27. The summed E-state index contributed by atoms with van der Waals surface area (Å²) in [6.45, 7) is 6.43. The summed E-state index contributed by atoms with van der Waals surface area (Å²) in [6, 6.07) is 13.0. The summed E-state index contributed by atoms with van der Waals surface area (Å²) in [5.74, 6) is 0.856. The zero-order valence-electron chi connectivity index (χ0n) is 16.7. The van der Waals surface area contributed by atoms with Crippen molar-refractivity contribution in [1.29, 1.82) is 0 Å². The first-order chi connectivity index (χ1) is 13.6. The van der Waals surface area contributed by atoms with Crippen LogP contribution in [-0.2, 0) is 6.42 Å². The highest BCUT2D eigenvalue weighted by atomic mass is 15.3. The number of nitrogens with two attached hydrogens (primary N) is 1. The van der Waals surface area contributed by atoms with E-state index in [0.717, 1.165) is 53.2 Å². The number of anilines is 1. The van der Waals surface area contributed by atoms with E-state index in [-0.39, 0.29) is 6.04 Å². The number of nitrogens with one attached hydrogen (secondary N) is 2. The molecule has 0 amide bonds. The minimum absolute atomic E-state index is 0.0809. The van der Waals surface area contributed by atoms with Crippen LogP contribution >= 0.6 is 0 Å². The van der Waals surface area contributed by atoms with Crippen molar-refractivity contribution in [2.45, 2.75) is 52.1 Å². The molecule has 4 N–H and O–H groups in total. The Morgan fingerprint density at radius 2 is 2.00 bits per heavy atom. The number of benzene rings is 1. The van der Waals surface area contributed by atoms with Crippen LogP contribution in [0.5, 0.6) is 0 Å². The fraction of sp³-hybridized carbons (Fsp3) is 0.364. The first-order valence-corrected chi connectivity index (χ1v) is 10.1. The van der Waals surface area contributed by atoms with Crippen molar-refractivity contribution in [3.05, 3.63) is 48.3 Å². The highest BCUT2D eigenvalue weighted by molar-refractivity contribution is 5.85. The van der Waals surface area contributed by atoms with Crippen molar-refractivity contribution in [1.82, 2.24) is 19.6 Å². The molecule has 4 rings (SSSR count). The fourth-order valence-electron chi connectivity index (χ4n) is 3.43. The largest absolute Gasteiger partial charge is 0.366 e. The van der Waals surface area contributed by atoms with Crippen LogP contribution in [0.3, 0.4) is 0 Å². The van der Waals surface area contributed by atoms with Crippen LogP contribution in [-0.4, -0.2) is 31.7 Å². The maximum absolute atomic E-state index is 6.27. The number of imidazole rings is 1. The van der Waals surface area contributed by atoms with E-state index >= 15 is 0 Å². The van der Waals surface area contributed by atoms with Crippen molar-refractivity contribution in [3.8, 4) is 11.3 Å². The summed E-state index contributed by atoms with van der Waals surface area (Å²) in [7, 11) is 0. The van der Waals surface area contributed by atoms with Crippen molar-refractivity contribution in [2.75, 3.05) is 5.32 Å². The third-order valence-corrected chi connectivity index (χ3v) is 5.36. The molecule has 3 aromatic heterocycles. The highest BCUT2D eigenvalue weighted by Crippen LogP contribution is 2.29. The number of rotatable bonds is 7. The highest BCUT2D eigenvalue weighted by Gasteiger charge is 2.18. The monoisotopic (exact) mass is 376 g/mol. The summed E-state index contributed by atoms with van der Waals surface area (Å²) in [6.07, 6.45) is 4.65. The Hall–Kier alpha value is -2.86. The van der Waals surface area contributed by atoms with Gasteiger partial charge in [-0.15, -0.1) is 5.10 Å². The smallest absolute Gasteiger partial charge is 0.154 e. The molecule has 0 aliphatic rings. The predicted octanol–water partition coefficient (Wildman–Crippen LogP) is 4.37. The molecule has 0 aliphatic carbocycles. The van der Waals surface area contributed by atoms with Crippen LogP contribution in [0, 0.1) is 0 Å². The molecule has 0 saturated heterocycles. The van der Waals surface area contributed by atoms with Crippen LogP contribution in [0.4, 0.5) is 5.82 Å². The molecule has 3 heterocycles. The number of aromatic amines is 1. The van der Waals surface area contributed by atoms with E-state index in [1.807, 2.05) is 22.8 Å². The van der Waals surface area contributed by atoms with E-state index < -0.39 is 0 Å². The molecular weight excluding hydrogens is 348 g/mol. The quantitative estimate of drug-likeness (QED) is 0.447. The number of nitrogens with zero attached hydrogens (tertiary/aromatic N) is 3. The molecule has 0 spiro atoms. The van der Waals surface area contributed by atoms with Gasteiger partial charge in [0.1, 0.15) is 5.82 Å². The van der Waals surface area contributed by atoms with E-state index in [0.29, 0.717) is 6.04 Å². The minimum atomic E-state index is 0.0809. The average Bonchev–Trinajstić information content (AvgIpc) is 3.30. The van der Waals surface area contributed by atoms with Gasteiger partial charge in [-0.3, -0.25) is 0 Å². The van der Waals surface area contributed by atoms with E-state index in [1.54, 1.807) is 0 Å². The lowest BCUT2D eigenvalue weighted by Crippen LogP contribution is -2.22. The van der Waals surface area contributed by atoms with E-state index in [9.17, 15) is 0 Å². The summed E-state index contributed by atoms with van der Waals surface area (Å²) in [5, 5.41) is 9.49. The second-order valence-corrected chi connectivity index (χ2v) is 7.50. The van der Waals surface area contributed by atoms with Crippen LogP contribution in [0.2, 0.25) is 0 Å². The van der Waals surface area contributed by atoms with E-state index in [1.165, 1.54) is 5.39 Å². The predicted molar refractivity (Wildman–Crippen MR) is 116 cm³/mol. The fourth-order valence-corrected chi connectivity index (χ4v) is 3.43. The lowest BCUT2D eigenvalue weighted by atomic mass is 10.0. The average molecular weight is 377 g/mol. The molecule has 146 valence electrons. The van der Waals surface area contributed by atoms with Gasteiger partial charge in [-0.2, -0.15) is 0 Å². The first-order valence-electron chi connectivity index (χ1n) is 10.1. The minimum Gasteiger partial charge on any atom is -0.366 e. The van der Waals surface area contributed by atoms with Crippen molar-refractivity contribution in [2.24, 2.45) is 5.73 Å². The standard InChI is InChI=1S/C22H28N6/c1-4-14(3)25-20-8-9-21-26-19(13-17(23)5-2)22(28(21)27-20)16-6-7-18-15(12-16)10-11-24-18/h6-12,14,17,24H,4-5,13,23H2,1-3H3,(H,25,27). The number of hydrogen-bond donors (Lipinski definition) is 3. The van der Waals surface area contributed by atoms with Gasteiger partial charge in [0.25, 0.3) is 0 Å². The lowest BCUT2D eigenvalue weighted by Gasteiger charge is -2.13. The molecule has 0 bridgehead atoms. The third-order valence-electron chi connectivity index (χ3n) is 5.36. The molecule has 1 aromatic carbocycles. The number of aromatic nitrogens is 4. The molecule has 0 fully saturated rings. The van der Waals surface area contributed by atoms with Crippen molar-refractivity contribution < 1.29 is 0 Å². The Kier molecular flexibility index (Phi) is 5.05. The molecule has 0 radical (unpaired) electrons. The Balaban J connectivity index is 1.87. The van der Waals surface area contributed by atoms with Gasteiger partial charge in [0.15, 0.2) is 5.65 Å². The van der Waals surface area contributed by atoms with Gasteiger partial charge in [-0.1, -0.05) is 19.9 Å². The van der Waals surface area contributed by atoms with Gasteiger partial charge in [0.2, 0.25) is 0 Å². The zero-order chi connectivity index (χ0) is 19.7. The van der Waals surface area contributed by atoms with Crippen LogP contribution in [0.1, 0.15) is 39.3 Å². The van der Waals surface area contributed by atoms with Crippen molar-refractivity contribution >= 4 is 22.4 Å². The first kappa shape index (κ1) is 18.5. The molecule has 0 aliphatic heterocycles. The van der Waals surface area contributed by atoms with Crippen LogP contribution < -0.4 is 11.1 Å². The third kappa shape index (κ3) is 3.47. The summed E-state index contributed by atoms with van der Waals surface area (Å²) < 4.78 is 1.95. The molecule has 6 heteroatoms. The van der Waals surface area contributed by atoms with E-state index in [4.69, 9.17) is 15.8 Å². The van der Waals surface area contributed by atoms with Gasteiger partial charge in [0, 0.05) is 41.2 Å². The van der Waals surface area contributed by atoms with Gasteiger partial charge in [0.05, 0.1) is 11.4 Å². The molecule has 28 heavy (non-hydrogen) atoms. The number of fused-ring (bicyclic) bond motifs is 2. The molecule has 4 aromatic rings. The molecule has 6 nitrogen and oxygen atoms in total. The Labute approximate surface area is 165 Å². The molecule has 0 saturated carbocycles. The maximum Gasteiger partial charge on any atom is 0.154 e. The van der Waals surface area contributed by atoms with Gasteiger partial charge in [-0.05, 0) is 50.1 Å². The molecule has 2 atom stereocenters. The second-order valence-electron chi connectivity index (χ2n) is 7.50. The SMILES string of the molecule is CCC(N)Cc1nc2ccc(NC(C)CC)nn2c1-c1ccc2[nH]ccc2c1. The number of hydrogen-bond acceptors (Lipinski definition) is 4. The Morgan fingerprint density at radius 1 is 1.14 bits per heavy atom. The topological polar surface area (TPSA) is 84.0 Å². The second kappa shape index (κ2) is 7.64. The van der Waals surface area contributed by atoms with Crippen LogP contribution in [0.15, 0.2) is 42.6 Å². The summed E-state index contributed by atoms with van der Waals surface area (Å²) >= 11 is 0. The van der Waals surface area contributed by atoms with E-state index in [2.05, 4.69) is 55.3 Å². The van der Waals surface area contributed by atoms with Crippen molar-refractivity contribution in [3.63, 3.8) is 0 Å². The van der Waals surface area contributed by atoms with Crippen LogP contribution in [0.25, 0.3) is 27.8 Å². The lowest BCUT2D eigenvalue weighted by molar-refractivity contribution is 0.639. The molecular formula is C22H28N6.